The minimum absolute atomic E-state index is 0.0454. The largest absolute Gasteiger partial charge is 0.382 e. The van der Waals surface area contributed by atoms with Crippen molar-refractivity contribution in [3.63, 3.8) is 0 Å². The number of nitrogens with two attached hydrogens (primary N) is 1. The molecule has 1 aliphatic heterocycles. The first kappa shape index (κ1) is 16.1. The average Bonchev–Trinajstić information content (AvgIpc) is 2.62. The lowest BCUT2D eigenvalue weighted by Gasteiger charge is -2.31. The molecule has 1 fully saturated rings. The molecule has 2 heterocycles. The Morgan fingerprint density at radius 2 is 1.71 bits per heavy atom. The second-order valence-electron chi connectivity index (χ2n) is 6.09. The monoisotopic (exact) mass is 324 g/mol. The van der Waals surface area contributed by atoms with Gasteiger partial charge in [-0.1, -0.05) is 29.8 Å². The van der Waals surface area contributed by atoms with Crippen molar-refractivity contribution >= 4 is 17.5 Å². The Kier molecular flexibility index (Phi) is 4.55. The lowest BCUT2D eigenvalue weighted by atomic mass is 9.88. The topological polar surface area (TPSA) is 89.2 Å². The number of aryl methyl sites for hydroxylation is 1. The molecule has 0 unspecified atom stereocenters. The zero-order valence-electron chi connectivity index (χ0n) is 13.6. The van der Waals surface area contributed by atoms with E-state index in [1.807, 2.05) is 31.2 Å². The van der Waals surface area contributed by atoms with Crippen LogP contribution in [0.15, 0.2) is 36.7 Å². The van der Waals surface area contributed by atoms with Crippen LogP contribution in [0.2, 0.25) is 0 Å². The van der Waals surface area contributed by atoms with E-state index in [-0.39, 0.29) is 29.1 Å². The molecule has 3 rings (SSSR count). The fraction of sp³-hybridized carbons (Fsp3) is 0.333. The number of rotatable bonds is 3. The summed E-state index contributed by atoms with van der Waals surface area (Å²) in [6, 6.07) is 7.64. The van der Waals surface area contributed by atoms with Crippen LogP contribution in [0.1, 0.15) is 39.3 Å². The summed E-state index contributed by atoms with van der Waals surface area (Å²) < 4.78 is 0. The van der Waals surface area contributed by atoms with Crippen LogP contribution in [0.25, 0.3) is 0 Å². The zero-order chi connectivity index (χ0) is 17.1. The van der Waals surface area contributed by atoms with Crippen LogP contribution in [0.4, 0.5) is 5.82 Å². The first-order valence-corrected chi connectivity index (χ1v) is 8.03. The molecule has 1 aromatic heterocycles. The van der Waals surface area contributed by atoms with Gasteiger partial charge in [0.1, 0.15) is 0 Å². The van der Waals surface area contributed by atoms with Crippen molar-refractivity contribution in [1.29, 1.82) is 0 Å². The summed E-state index contributed by atoms with van der Waals surface area (Å²) in [4.78, 5) is 34.6. The third-order valence-electron chi connectivity index (χ3n) is 4.42. The predicted octanol–water partition coefficient (Wildman–Crippen LogP) is 2.10. The molecule has 1 amide bonds. The molecular weight excluding hydrogens is 304 g/mol. The van der Waals surface area contributed by atoms with Crippen LogP contribution >= 0.6 is 0 Å². The van der Waals surface area contributed by atoms with Crippen LogP contribution in [-0.4, -0.2) is 39.6 Å². The third kappa shape index (κ3) is 3.27. The highest BCUT2D eigenvalue weighted by Crippen LogP contribution is 2.23. The Balaban J connectivity index is 1.63. The van der Waals surface area contributed by atoms with Crippen LogP contribution in [0.3, 0.4) is 0 Å². The molecule has 124 valence electrons. The number of aromatic nitrogens is 2. The van der Waals surface area contributed by atoms with Crippen LogP contribution in [-0.2, 0) is 0 Å². The van der Waals surface area contributed by atoms with Crippen molar-refractivity contribution in [2.45, 2.75) is 19.8 Å². The Morgan fingerprint density at radius 3 is 2.33 bits per heavy atom. The van der Waals surface area contributed by atoms with Gasteiger partial charge in [0.05, 0.1) is 0 Å². The summed E-state index contributed by atoms with van der Waals surface area (Å²) >= 11 is 0. The second kappa shape index (κ2) is 6.78. The Morgan fingerprint density at radius 1 is 1.08 bits per heavy atom. The summed E-state index contributed by atoms with van der Waals surface area (Å²) in [5.41, 5.74) is 7.77. The number of Topliss-reactive ketones (excluding diaryl/α,β-unsaturated/α-hetero) is 1. The van der Waals surface area contributed by atoms with E-state index in [1.165, 1.54) is 12.4 Å². The van der Waals surface area contributed by atoms with Gasteiger partial charge in [0.25, 0.3) is 5.91 Å². The lowest BCUT2D eigenvalue weighted by Crippen LogP contribution is -2.41. The number of benzene rings is 1. The average molecular weight is 324 g/mol. The van der Waals surface area contributed by atoms with E-state index in [0.29, 0.717) is 25.9 Å². The summed E-state index contributed by atoms with van der Waals surface area (Å²) in [7, 11) is 0. The molecule has 0 bridgehead atoms. The van der Waals surface area contributed by atoms with Gasteiger partial charge in [-0.15, -0.1) is 0 Å². The van der Waals surface area contributed by atoms with E-state index in [4.69, 9.17) is 5.73 Å². The van der Waals surface area contributed by atoms with Gasteiger partial charge in [-0.05, 0) is 19.8 Å². The molecule has 1 aromatic carbocycles. The fourth-order valence-electron chi connectivity index (χ4n) is 2.96. The molecule has 6 heteroatoms. The van der Waals surface area contributed by atoms with E-state index in [9.17, 15) is 9.59 Å². The van der Waals surface area contributed by atoms with Crippen molar-refractivity contribution in [2.24, 2.45) is 5.92 Å². The Bertz CT molecular complexity index is 750. The number of nitrogens with zero attached hydrogens (tertiary/aromatic N) is 3. The number of hydrogen-bond donors (Lipinski definition) is 1. The van der Waals surface area contributed by atoms with Crippen LogP contribution in [0, 0.1) is 12.8 Å². The molecular formula is C18H20N4O2. The number of anilines is 1. The van der Waals surface area contributed by atoms with Gasteiger partial charge >= 0.3 is 0 Å². The Labute approximate surface area is 140 Å². The summed E-state index contributed by atoms with van der Waals surface area (Å²) in [5, 5.41) is 0. The number of nitrogen functional groups attached to an aromatic ring is 1. The highest BCUT2D eigenvalue weighted by molar-refractivity contribution is 5.99. The molecule has 1 aliphatic rings. The second-order valence-corrected chi connectivity index (χ2v) is 6.09. The normalized spacial score (nSPS) is 15.3. The summed E-state index contributed by atoms with van der Waals surface area (Å²) in [5.74, 6) is 0.0271. The summed E-state index contributed by atoms with van der Waals surface area (Å²) in [6.07, 6.45) is 4.22. The van der Waals surface area contributed by atoms with Gasteiger partial charge in [0, 0.05) is 37.0 Å². The predicted molar refractivity (Wildman–Crippen MR) is 90.6 cm³/mol. The molecule has 2 aromatic rings. The summed E-state index contributed by atoms with van der Waals surface area (Å²) in [6.45, 7) is 3.05. The number of hydrogen-bond acceptors (Lipinski definition) is 5. The minimum atomic E-state index is -0.221. The molecule has 2 N–H and O–H groups in total. The molecule has 0 saturated carbocycles. The number of amides is 1. The quantitative estimate of drug-likeness (QED) is 0.873. The highest BCUT2D eigenvalue weighted by Gasteiger charge is 2.29. The highest BCUT2D eigenvalue weighted by atomic mass is 16.2. The van der Waals surface area contributed by atoms with Crippen LogP contribution < -0.4 is 5.73 Å². The van der Waals surface area contributed by atoms with E-state index in [1.54, 1.807) is 4.90 Å². The standard InChI is InChI=1S/C18H20N4O2/c1-12-2-4-13(5-3-12)16(23)14-6-10-22(11-7-14)18(24)15-17(19)21-9-8-20-15/h2-5,8-9,14H,6-7,10-11H2,1H3,(H2,19,21). The lowest BCUT2D eigenvalue weighted by molar-refractivity contribution is 0.0646. The first-order chi connectivity index (χ1) is 11.6. The van der Waals surface area contributed by atoms with Gasteiger partial charge in [-0.2, -0.15) is 0 Å². The number of carbonyl (C=O) groups excluding carboxylic acids is 2. The molecule has 24 heavy (non-hydrogen) atoms. The number of piperidine rings is 1. The maximum atomic E-state index is 12.6. The minimum Gasteiger partial charge on any atom is -0.382 e. The SMILES string of the molecule is Cc1ccc(C(=O)C2CCN(C(=O)c3nccnc3N)CC2)cc1. The van der Waals surface area contributed by atoms with Crippen LogP contribution in [0.5, 0.6) is 0 Å². The molecule has 6 nitrogen and oxygen atoms in total. The number of likely N-dealkylation sites (tertiary alicyclic amines) is 1. The van der Waals surface area contributed by atoms with Crippen molar-refractivity contribution in [3.8, 4) is 0 Å². The maximum absolute atomic E-state index is 12.6. The molecule has 0 radical (unpaired) electrons. The van der Waals surface area contributed by atoms with Gasteiger partial charge in [-0.3, -0.25) is 9.59 Å². The zero-order valence-corrected chi connectivity index (χ0v) is 13.6. The molecule has 1 saturated heterocycles. The molecule has 0 spiro atoms. The van der Waals surface area contributed by atoms with Gasteiger partial charge < -0.3 is 10.6 Å². The van der Waals surface area contributed by atoms with Crippen molar-refractivity contribution in [3.05, 3.63) is 53.5 Å². The smallest absolute Gasteiger partial charge is 0.276 e. The van der Waals surface area contributed by atoms with Gasteiger partial charge in [-0.25, -0.2) is 9.97 Å². The Hall–Kier alpha value is -2.76. The number of carbonyl (C=O) groups is 2. The van der Waals surface area contributed by atoms with Gasteiger partial charge in [0.2, 0.25) is 0 Å². The van der Waals surface area contributed by atoms with E-state index >= 15 is 0 Å². The first-order valence-electron chi connectivity index (χ1n) is 8.03. The number of ketones is 1. The van der Waals surface area contributed by atoms with Crippen molar-refractivity contribution in [2.75, 3.05) is 18.8 Å². The third-order valence-corrected chi connectivity index (χ3v) is 4.42. The van der Waals surface area contributed by atoms with E-state index in [0.717, 1.165) is 11.1 Å². The molecule has 0 atom stereocenters. The van der Waals surface area contributed by atoms with E-state index < -0.39 is 0 Å². The van der Waals surface area contributed by atoms with Crippen molar-refractivity contribution in [1.82, 2.24) is 14.9 Å². The van der Waals surface area contributed by atoms with Crippen molar-refractivity contribution < 1.29 is 9.59 Å². The molecule has 0 aliphatic carbocycles. The maximum Gasteiger partial charge on any atom is 0.276 e. The van der Waals surface area contributed by atoms with Gasteiger partial charge in [0.15, 0.2) is 17.3 Å². The van der Waals surface area contributed by atoms with E-state index in [2.05, 4.69) is 9.97 Å². The fourth-order valence-corrected chi connectivity index (χ4v) is 2.96.